The molecule has 0 radical (unpaired) electrons. The largest absolute Gasteiger partial charge is 0.411 e. The molecule has 1 aromatic carbocycles. The minimum Gasteiger partial charge on any atom is -0.411 e. The molecular weight excluding hydrogens is 414 g/mol. The number of aromatic nitrogens is 6. The Bertz CT molecular complexity index is 1210. The number of anilines is 1. The van der Waals surface area contributed by atoms with Crippen molar-refractivity contribution in [3.63, 3.8) is 0 Å². The van der Waals surface area contributed by atoms with Gasteiger partial charge in [-0.15, -0.1) is 10.2 Å². The Kier molecular flexibility index (Phi) is 5.81. The Morgan fingerprint density at radius 2 is 1.71 bits per heavy atom. The first-order chi connectivity index (χ1) is 14.9. The van der Waals surface area contributed by atoms with Crippen LogP contribution >= 0.6 is 11.8 Å². The summed E-state index contributed by atoms with van der Waals surface area (Å²) in [5, 5.41) is 15.7. The van der Waals surface area contributed by atoms with Crippen LogP contribution < -0.4 is 5.32 Å². The van der Waals surface area contributed by atoms with E-state index in [1.165, 1.54) is 16.4 Å². The van der Waals surface area contributed by atoms with Gasteiger partial charge in [0.15, 0.2) is 0 Å². The van der Waals surface area contributed by atoms with Gasteiger partial charge in [-0.3, -0.25) is 4.79 Å². The fraction of sp³-hybridized carbons (Fsp3) is 0.238. The molecule has 1 N–H and O–H groups in total. The zero-order valence-corrected chi connectivity index (χ0v) is 18.4. The van der Waals surface area contributed by atoms with Crippen molar-refractivity contribution in [2.24, 2.45) is 0 Å². The van der Waals surface area contributed by atoms with Gasteiger partial charge in [-0.1, -0.05) is 29.5 Å². The highest BCUT2D eigenvalue weighted by Gasteiger charge is 2.15. The van der Waals surface area contributed by atoms with E-state index in [1.807, 2.05) is 58.0 Å². The summed E-state index contributed by atoms with van der Waals surface area (Å²) < 4.78 is 7.18. The third kappa shape index (κ3) is 4.97. The number of rotatable bonds is 6. The van der Waals surface area contributed by atoms with Crippen LogP contribution in [0.15, 0.2) is 46.0 Å². The van der Waals surface area contributed by atoms with Crippen molar-refractivity contribution in [1.82, 2.24) is 29.9 Å². The fourth-order valence-corrected chi connectivity index (χ4v) is 3.49. The first kappa shape index (κ1) is 20.7. The number of thioether (sulfide) groups is 1. The predicted octanol–water partition coefficient (Wildman–Crippen LogP) is 3.68. The molecule has 0 saturated carbocycles. The van der Waals surface area contributed by atoms with Crippen LogP contribution in [0.1, 0.15) is 22.6 Å². The van der Waals surface area contributed by atoms with E-state index in [1.54, 1.807) is 6.07 Å². The van der Waals surface area contributed by atoms with Crippen molar-refractivity contribution >= 4 is 23.5 Å². The Morgan fingerprint density at radius 3 is 2.42 bits per heavy atom. The predicted molar refractivity (Wildman–Crippen MR) is 117 cm³/mol. The van der Waals surface area contributed by atoms with Gasteiger partial charge in [0.05, 0.1) is 11.4 Å². The highest BCUT2D eigenvalue weighted by Crippen LogP contribution is 2.24. The van der Waals surface area contributed by atoms with Crippen LogP contribution in [0.4, 0.5) is 5.82 Å². The zero-order valence-electron chi connectivity index (χ0n) is 17.6. The van der Waals surface area contributed by atoms with Gasteiger partial charge in [0.1, 0.15) is 5.82 Å². The SMILES string of the molecule is Cc1ccc(-c2nnc(SCC(=O)Nc3cc(C)nn3-c3nc(C)cc(C)n3)o2)cc1. The van der Waals surface area contributed by atoms with Crippen molar-refractivity contribution in [1.29, 1.82) is 0 Å². The van der Waals surface area contributed by atoms with E-state index in [-0.39, 0.29) is 11.7 Å². The lowest BCUT2D eigenvalue weighted by atomic mass is 10.1. The molecule has 3 heterocycles. The molecule has 0 bridgehead atoms. The second-order valence-corrected chi connectivity index (χ2v) is 8.04. The van der Waals surface area contributed by atoms with E-state index >= 15 is 0 Å². The van der Waals surface area contributed by atoms with Gasteiger partial charge in [-0.2, -0.15) is 9.78 Å². The minimum absolute atomic E-state index is 0.105. The Balaban J connectivity index is 1.43. The molecule has 0 fully saturated rings. The fourth-order valence-electron chi connectivity index (χ4n) is 2.93. The summed E-state index contributed by atoms with van der Waals surface area (Å²) >= 11 is 1.17. The molecule has 0 atom stereocenters. The van der Waals surface area contributed by atoms with Crippen LogP contribution in [-0.4, -0.2) is 41.6 Å². The number of nitrogens with one attached hydrogen (secondary N) is 1. The van der Waals surface area contributed by atoms with Gasteiger partial charge in [0.2, 0.25) is 11.8 Å². The lowest BCUT2D eigenvalue weighted by Crippen LogP contribution is -2.18. The molecule has 4 rings (SSSR count). The number of benzene rings is 1. The number of hydrogen-bond donors (Lipinski definition) is 1. The maximum absolute atomic E-state index is 12.5. The van der Waals surface area contributed by atoms with Crippen LogP contribution in [0.3, 0.4) is 0 Å². The summed E-state index contributed by atoms with van der Waals surface area (Å²) in [6.07, 6.45) is 0. The van der Waals surface area contributed by atoms with E-state index in [0.717, 1.165) is 28.2 Å². The number of carbonyl (C=O) groups excluding carboxylic acids is 1. The number of hydrogen-bond acceptors (Lipinski definition) is 8. The quantitative estimate of drug-likeness (QED) is 0.457. The summed E-state index contributed by atoms with van der Waals surface area (Å²) in [7, 11) is 0. The molecule has 31 heavy (non-hydrogen) atoms. The molecule has 0 aliphatic heterocycles. The number of nitrogens with zero attached hydrogens (tertiary/aromatic N) is 6. The molecule has 0 unspecified atom stereocenters. The second-order valence-electron chi connectivity index (χ2n) is 7.11. The van der Waals surface area contributed by atoms with Gasteiger partial charge in [-0.25, -0.2) is 9.97 Å². The third-order valence-corrected chi connectivity index (χ3v) is 5.11. The monoisotopic (exact) mass is 435 g/mol. The van der Waals surface area contributed by atoms with E-state index in [0.29, 0.717) is 22.9 Å². The van der Waals surface area contributed by atoms with Crippen molar-refractivity contribution in [3.05, 3.63) is 59.0 Å². The van der Waals surface area contributed by atoms with Gasteiger partial charge < -0.3 is 9.73 Å². The Labute approximate surface area is 183 Å². The van der Waals surface area contributed by atoms with E-state index in [9.17, 15) is 4.79 Å². The van der Waals surface area contributed by atoms with Crippen LogP contribution in [0, 0.1) is 27.7 Å². The van der Waals surface area contributed by atoms with Crippen LogP contribution in [0.25, 0.3) is 17.4 Å². The Morgan fingerprint density at radius 1 is 1.00 bits per heavy atom. The summed E-state index contributed by atoms with van der Waals surface area (Å²) in [6, 6.07) is 11.4. The number of carbonyl (C=O) groups is 1. The van der Waals surface area contributed by atoms with Gasteiger partial charge in [-0.05, 0) is 45.9 Å². The normalized spacial score (nSPS) is 11.0. The lowest BCUT2D eigenvalue weighted by Gasteiger charge is -2.08. The molecule has 1 amide bonds. The standard InChI is InChI=1S/C21H21N7O2S/c1-12-5-7-16(8-6-12)19-25-26-21(30-19)31-11-18(29)24-17-10-15(4)27-28(17)20-22-13(2)9-14(3)23-20/h5-10H,11H2,1-4H3,(H,24,29). The average Bonchev–Trinajstić information content (AvgIpc) is 3.33. The molecular formula is C21H21N7O2S. The van der Waals surface area contributed by atoms with Crippen LogP contribution in [-0.2, 0) is 4.79 Å². The minimum atomic E-state index is -0.231. The molecule has 9 nitrogen and oxygen atoms in total. The first-order valence-electron chi connectivity index (χ1n) is 9.60. The number of aryl methyl sites for hydroxylation is 4. The molecule has 0 aliphatic rings. The molecule has 4 aromatic rings. The maximum Gasteiger partial charge on any atom is 0.277 e. The summed E-state index contributed by atoms with van der Waals surface area (Å²) in [5.41, 5.74) is 4.37. The molecule has 0 spiro atoms. The van der Waals surface area contributed by atoms with Gasteiger partial charge in [0.25, 0.3) is 11.2 Å². The maximum atomic E-state index is 12.5. The summed E-state index contributed by atoms with van der Waals surface area (Å²) in [5.74, 6) is 1.20. The third-order valence-electron chi connectivity index (χ3n) is 4.29. The van der Waals surface area contributed by atoms with Gasteiger partial charge in [0, 0.05) is 23.0 Å². The number of amides is 1. The Hall–Kier alpha value is -3.53. The van der Waals surface area contributed by atoms with Crippen molar-refractivity contribution in [2.45, 2.75) is 32.9 Å². The highest BCUT2D eigenvalue weighted by atomic mass is 32.2. The second kappa shape index (κ2) is 8.68. The first-order valence-corrected chi connectivity index (χ1v) is 10.6. The topological polar surface area (TPSA) is 112 Å². The highest BCUT2D eigenvalue weighted by molar-refractivity contribution is 7.99. The van der Waals surface area contributed by atoms with Crippen molar-refractivity contribution < 1.29 is 9.21 Å². The molecule has 10 heteroatoms. The van der Waals surface area contributed by atoms with E-state index < -0.39 is 0 Å². The lowest BCUT2D eigenvalue weighted by molar-refractivity contribution is -0.113. The van der Waals surface area contributed by atoms with E-state index in [4.69, 9.17) is 4.42 Å². The summed E-state index contributed by atoms with van der Waals surface area (Å²) in [4.78, 5) is 21.4. The average molecular weight is 436 g/mol. The van der Waals surface area contributed by atoms with Crippen molar-refractivity contribution in [3.8, 4) is 17.4 Å². The molecule has 158 valence electrons. The van der Waals surface area contributed by atoms with E-state index in [2.05, 4.69) is 30.6 Å². The van der Waals surface area contributed by atoms with Crippen LogP contribution in [0.5, 0.6) is 0 Å². The zero-order chi connectivity index (χ0) is 22.0. The molecule has 0 aliphatic carbocycles. The molecule has 3 aromatic heterocycles. The molecule has 0 saturated heterocycles. The smallest absolute Gasteiger partial charge is 0.277 e. The summed E-state index contributed by atoms with van der Waals surface area (Å²) in [6.45, 7) is 7.63. The van der Waals surface area contributed by atoms with Crippen molar-refractivity contribution in [2.75, 3.05) is 11.1 Å². The van der Waals surface area contributed by atoms with Crippen LogP contribution in [0.2, 0.25) is 0 Å². The van der Waals surface area contributed by atoms with Gasteiger partial charge >= 0.3 is 0 Å².